The van der Waals surface area contributed by atoms with Crippen molar-refractivity contribution in [2.75, 3.05) is 13.1 Å². The molecule has 0 bridgehead atoms. The first-order chi connectivity index (χ1) is 11.7. The van der Waals surface area contributed by atoms with Crippen LogP contribution in [0.15, 0.2) is 48.8 Å². The lowest BCUT2D eigenvalue weighted by Gasteiger charge is -2.31. The Morgan fingerprint density at radius 3 is 2.75 bits per heavy atom. The van der Waals surface area contributed by atoms with Crippen LogP contribution in [-0.2, 0) is 4.79 Å². The van der Waals surface area contributed by atoms with Gasteiger partial charge in [0, 0.05) is 12.6 Å². The van der Waals surface area contributed by atoms with Crippen LogP contribution in [0.3, 0.4) is 0 Å². The van der Waals surface area contributed by atoms with E-state index < -0.39 is 5.82 Å². The quantitative estimate of drug-likeness (QED) is 0.810. The van der Waals surface area contributed by atoms with E-state index in [1.54, 1.807) is 17.1 Å². The molecule has 1 aliphatic heterocycles. The van der Waals surface area contributed by atoms with E-state index in [0.717, 1.165) is 30.8 Å². The molecular weight excluding hydrogens is 309 g/mol. The van der Waals surface area contributed by atoms with Gasteiger partial charge < -0.3 is 9.64 Å². The number of likely N-dealkylation sites (tertiary alicyclic amines) is 1. The van der Waals surface area contributed by atoms with Crippen molar-refractivity contribution < 1.29 is 13.9 Å². The molecule has 1 fully saturated rings. The van der Waals surface area contributed by atoms with Gasteiger partial charge in [-0.15, -0.1) is 0 Å². The molecule has 3 rings (SSSR count). The van der Waals surface area contributed by atoms with Crippen LogP contribution in [-0.4, -0.2) is 40.0 Å². The highest BCUT2D eigenvalue weighted by Gasteiger charge is 2.24. The van der Waals surface area contributed by atoms with E-state index in [2.05, 4.69) is 9.97 Å². The van der Waals surface area contributed by atoms with Crippen LogP contribution >= 0.6 is 0 Å². The maximum absolute atomic E-state index is 12.8. The summed E-state index contributed by atoms with van der Waals surface area (Å²) in [5.74, 6) is -0.555. The fraction of sp³-hybridized carbons (Fsp3) is 0.278. The van der Waals surface area contributed by atoms with Crippen LogP contribution in [0, 0.1) is 5.82 Å². The standard InChI is InChI=1S/C18H18FN3O2/c19-15-11-20-18(21-12-15)24-16-7-4-10-22(13-16)17(23)9-8-14-5-2-1-3-6-14/h1-3,5-6,8-9,11-12,16H,4,7,10,13H2/b9-8+/t16-/m1/s1. The maximum Gasteiger partial charge on any atom is 0.316 e. The Morgan fingerprint density at radius 1 is 1.25 bits per heavy atom. The lowest BCUT2D eigenvalue weighted by Crippen LogP contribution is -2.43. The molecule has 1 saturated heterocycles. The average molecular weight is 327 g/mol. The van der Waals surface area contributed by atoms with Crippen molar-refractivity contribution in [3.8, 4) is 6.01 Å². The molecule has 2 heterocycles. The van der Waals surface area contributed by atoms with Gasteiger partial charge in [0.2, 0.25) is 5.91 Å². The average Bonchev–Trinajstić information content (AvgIpc) is 2.63. The zero-order chi connectivity index (χ0) is 16.8. The minimum atomic E-state index is -0.506. The third kappa shape index (κ3) is 4.38. The zero-order valence-electron chi connectivity index (χ0n) is 13.1. The van der Waals surface area contributed by atoms with Crippen molar-refractivity contribution in [1.29, 1.82) is 0 Å². The predicted molar refractivity (Wildman–Crippen MR) is 87.7 cm³/mol. The molecule has 5 nitrogen and oxygen atoms in total. The Morgan fingerprint density at radius 2 is 2.00 bits per heavy atom. The van der Waals surface area contributed by atoms with Gasteiger partial charge in [-0.3, -0.25) is 4.79 Å². The minimum Gasteiger partial charge on any atom is -0.458 e. The van der Waals surface area contributed by atoms with Crippen molar-refractivity contribution in [2.24, 2.45) is 0 Å². The first kappa shape index (κ1) is 16.1. The summed E-state index contributed by atoms with van der Waals surface area (Å²) in [4.78, 5) is 21.6. The fourth-order valence-corrected chi connectivity index (χ4v) is 2.58. The highest BCUT2D eigenvalue weighted by molar-refractivity contribution is 5.91. The molecule has 0 N–H and O–H groups in total. The van der Waals surface area contributed by atoms with Gasteiger partial charge >= 0.3 is 6.01 Å². The lowest BCUT2D eigenvalue weighted by molar-refractivity contribution is -0.128. The van der Waals surface area contributed by atoms with Crippen LogP contribution < -0.4 is 4.74 Å². The predicted octanol–water partition coefficient (Wildman–Crippen LogP) is 2.70. The molecule has 0 radical (unpaired) electrons. The third-order valence-corrected chi connectivity index (χ3v) is 3.78. The van der Waals surface area contributed by atoms with Gasteiger partial charge in [0.05, 0.1) is 18.9 Å². The Balaban J connectivity index is 1.57. The number of benzene rings is 1. The Kier molecular flexibility index (Phi) is 5.15. The number of hydrogen-bond donors (Lipinski definition) is 0. The van der Waals surface area contributed by atoms with Gasteiger partial charge in [-0.1, -0.05) is 30.3 Å². The smallest absolute Gasteiger partial charge is 0.316 e. The number of rotatable bonds is 4. The third-order valence-electron chi connectivity index (χ3n) is 3.78. The lowest BCUT2D eigenvalue weighted by atomic mass is 10.1. The van der Waals surface area contributed by atoms with Gasteiger partial charge in [-0.05, 0) is 24.5 Å². The number of aromatic nitrogens is 2. The minimum absolute atomic E-state index is 0.0489. The van der Waals surface area contributed by atoms with E-state index >= 15 is 0 Å². The summed E-state index contributed by atoms with van der Waals surface area (Å²) in [6, 6.07) is 9.81. The molecule has 1 aromatic heterocycles. The van der Waals surface area contributed by atoms with Gasteiger partial charge in [0.25, 0.3) is 0 Å². The number of carbonyl (C=O) groups excluding carboxylic acids is 1. The second-order valence-electron chi connectivity index (χ2n) is 5.59. The molecule has 0 saturated carbocycles. The molecule has 1 amide bonds. The monoisotopic (exact) mass is 327 g/mol. The second-order valence-corrected chi connectivity index (χ2v) is 5.59. The van der Waals surface area contributed by atoms with Crippen LogP contribution in [0.25, 0.3) is 6.08 Å². The van der Waals surface area contributed by atoms with Gasteiger partial charge in [0.1, 0.15) is 6.10 Å². The number of nitrogens with zero attached hydrogens (tertiary/aromatic N) is 3. The van der Waals surface area contributed by atoms with E-state index in [0.29, 0.717) is 13.1 Å². The number of hydrogen-bond acceptors (Lipinski definition) is 4. The van der Waals surface area contributed by atoms with Crippen molar-refractivity contribution in [1.82, 2.24) is 14.9 Å². The summed E-state index contributed by atoms with van der Waals surface area (Å²) in [7, 11) is 0. The SMILES string of the molecule is O=C(/C=C/c1ccccc1)N1CCC[C@@H](Oc2ncc(F)cn2)C1. The molecular formula is C18H18FN3O2. The first-order valence-corrected chi connectivity index (χ1v) is 7.87. The Labute approximate surface area is 139 Å². The summed E-state index contributed by atoms with van der Waals surface area (Å²) in [5.41, 5.74) is 0.982. The van der Waals surface area contributed by atoms with Crippen molar-refractivity contribution in [3.63, 3.8) is 0 Å². The number of piperidine rings is 1. The molecule has 24 heavy (non-hydrogen) atoms. The summed E-state index contributed by atoms with van der Waals surface area (Å²) in [5, 5.41) is 0. The Bertz CT molecular complexity index is 704. The highest BCUT2D eigenvalue weighted by Crippen LogP contribution is 2.16. The van der Waals surface area contributed by atoms with Gasteiger partial charge in [0.15, 0.2) is 5.82 Å². The molecule has 0 aliphatic carbocycles. The summed E-state index contributed by atoms with van der Waals surface area (Å²) in [6.07, 6.45) is 6.98. The zero-order valence-corrected chi connectivity index (χ0v) is 13.1. The van der Waals surface area contributed by atoms with Crippen molar-refractivity contribution in [3.05, 3.63) is 60.2 Å². The largest absolute Gasteiger partial charge is 0.458 e. The van der Waals surface area contributed by atoms with Gasteiger partial charge in [-0.25, -0.2) is 14.4 Å². The Hall–Kier alpha value is -2.76. The second kappa shape index (κ2) is 7.68. The molecule has 0 spiro atoms. The summed E-state index contributed by atoms with van der Waals surface area (Å²) < 4.78 is 18.5. The summed E-state index contributed by atoms with van der Waals surface area (Å²) in [6.45, 7) is 1.17. The van der Waals surface area contributed by atoms with E-state index in [4.69, 9.17) is 4.74 Å². The number of ether oxygens (including phenoxy) is 1. The summed E-state index contributed by atoms with van der Waals surface area (Å²) >= 11 is 0. The highest BCUT2D eigenvalue weighted by atomic mass is 19.1. The normalized spacial score (nSPS) is 17.9. The number of halogens is 1. The van der Waals surface area contributed by atoms with Gasteiger partial charge in [-0.2, -0.15) is 0 Å². The number of amides is 1. The van der Waals surface area contributed by atoms with Crippen LogP contribution in [0.4, 0.5) is 4.39 Å². The molecule has 0 unspecified atom stereocenters. The maximum atomic E-state index is 12.8. The van der Waals surface area contributed by atoms with Crippen molar-refractivity contribution in [2.45, 2.75) is 18.9 Å². The van der Waals surface area contributed by atoms with Crippen LogP contribution in [0.2, 0.25) is 0 Å². The molecule has 124 valence electrons. The molecule has 1 atom stereocenters. The first-order valence-electron chi connectivity index (χ1n) is 7.87. The van der Waals surface area contributed by atoms with E-state index in [9.17, 15) is 9.18 Å². The van der Waals surface area contributed by atoms with E-state index in [1.165, 1.54) is 0 Å². The molecule has 2 aromatic rings. The van der Waals surface area contributed by atoms with Crippen LogP contribution in [0.5, 0.6) is 6.01 Å². The van der Waals surface area contributed by atoms with Crippen LogP contribution in [0.1, 0.15) is 18.4 Å². The van der Waals surface area contributed by atoms with Crippen molar-refractivity contribution >= 4 is 12.0 Å². The number of carbonyl (C=O) groups is 1. The molecule has 1 aliphatic rings. The fourth-order valence-electron chi connectivity index (χ4n) is 2.58. The topological polar surface area (TPSA) is 55.3 Å². The van der Waals surface area contributed by atoms with E-state index in [-0.39, 0.29) is 18.0 Å². The molecule has 6 heteroatoms. The van der Waals surface area contributed by atoms with E-state index in [1.807, 2.05) is 30.3 Å². The molecule has 1 aromatic carbocycles.